The lowest BCUT2D eigenvalue weighted by molar-refractivity contribution is -0.137. The Kier molecular flexibility index (Phi) is 5.48. The molecule has 7 nitrogen and oxygen atoms in total. The number of thiazole rings is 1. The summed E-state index contributed by atoms with van der Waals surface area (Å²) >= 11 is 1.56. The van der Waals surface area contributed by atoms with Crippen LogP contribution in [-0.4, -0.2) is 83.4 Å². The molecule has 3 fully saturated rings. The first-order valence-electron chi connectivity index (χ1n) is 9.98. The Balaban J connectivity index is 1.29. The zero-order valence-corrected chi connectivity index (χ0v) is 17.1. The first kappa shape index (κ1) is 18.8. The molecular weight excluding hydrogens is 362 g/mol. The van der Waals surface area contributed by atoms with Crippen LogP contribution in [0.15, 0.2) is 5.38 Å². The van der Waals surface area contributed by atoms with Gasteiger partial charge in [-0.2, -0.15) is 0 Å². The number of likely N-dealkylation sites (tertiary alicyclic amines) is 1. The number of nitrogens with zero attached hydrogens (tertiary/aromatic N) is 5. The number of anilines is 1. The van der Waals surface area contributed by atoms with Gasteiger partial charge in [0.15, 0.2) is 5.13 Å². The quantitative estimate of drug-likeness (QED) is 0.759. The Bertz CT molecular complexity index is 696. The Labute approximate surface area is 164 Å². The summed E-state index contributed by atoms with van der Waals surface area (Å²) in [6.07, 6.45) is 4.28. The number of hydrogen-bond acceptors (Lipinski definition) is 6. The van der Waals surface area contributed by atoms with Gasteiger partial charge in [0.2, 0.25) is 11.8 Å². The maximum Gasteiger partial charge on any atom is 0.240 e. The molecule has 0 bridgehead atoms. The minimum Gasteiger partial charge on any atom is -0.339 e. The number of carbonyl (C=O) groups is 2. The monoisotopic (exact) mass is 391 g/mol. The van der Waals surface area contributed by atoms with Crippen molar-refractivity contribution < 1.29 is 9.59 Å². The molecule has 1 saturated carbocycles. The molecule has 1 unspecified atom stereocenters. The van der Waals surface area contributed by atoms with Gasteiger partial charge in [-0.3, -0.25) is 24.3 Å². The summed E-state index contributed by atoms with van der Waals surface area (Å²) in [4.78, 5) is 37.7. The van der Waals surface area contributed by atoms with Gasteiger partial charge in [0, 0.05) is 51.1 Å². The van der Waals surface area contributed by atoms with E-state index in [1.807, 2.05) is 9.80 Å². The highest BCUT2D eigenvalue weighted by atomic mass is 32.1. The van der Waals surface area contributed by atoms with Crippen molar-refractivity contribution in [3.05, 3.63) is 11.1 Å². The lowest BCUT2D eigenvalue weighted by Crippen LogP contribution is -2.52. The van der Waals surface area contributed by atoms with Gasteiger partial charge in [-0.05, 0) is 39.3 Å². The van der Waals surface area contributed by atoms with Crippen molar-refractivity contribution in [2.75, 3.05) is 44.7 Å². The number of amides is 2. The zero-order valence-electron chi connectivity index (χ0n) is 16.3. The molecule has 0 aromatic carbocycles. The standard InChI is InChI=1S/C19H29N5O2S/c1-14(25)24(16-5-6-16)19-20-15(13-27-19)12-22-8-10-23(11-9-22)18(26)17-4-3-7-21(17)2/h13,16-17H,3-12H2,1-2H3. The Morgan fingerprint density at radius 3 is 2.52 bits per heavy atom. The second-order valence-corrected chi connectivity index (χ2v) is 8.82. The van der Waals surface area contributed by atoms with E-state index in [0.29, 0.717) is 11.9 Å². The van der Waals surface area contributed by atoms with E-state index in [2.05, 4.69) is 22.2 Å². The predicted molar refractivity (Wildman–Crippen MR) is 106 cm³/mol. The molecule has 1 aromatic rings. The van der Waals surface area contributed by atoms with Gasteiger partial charge in [-0.15, -0.1) is 11.3 Å². The molecule has 1 aromatic heterocycles. The van der Waals surface area contributed by atoms with Gasteiger partial charge in [0.25, 0.3) is 0 Å². The maximum atomic E-state index is 12.7. The third-order valence-electron chi connectivity index (χ3n) is 5.87. The molecule has 4 rings (SSSR count). The molecule has 0 radical (unpaired) electrons. The van der Waals surface area contributed by atoms with E-state index in [-0.39, 0.29) is 11.9 Å². The van der Waals surface area contributed by atoms with Crippen LogP contribution in [0.2, 0.25) is 0 Å². The second-order valence-electron chi connectivity index (χ2n) is 7.98. The molecular formula is C19H29N5O2S. The van der Waals surface area contributed by atoms with Crippen LogP contribution in [-0.2, 0) is 16.1 Å². The number of aromatic nitrogens is 1. The van der Waals surface area contributed by atoms with E-state index in [4.69, 9.17) is 4.98 Å². The van der Waals surface area contributed by atoms with Crippen LogP contribution >= 0.6 is 11.3 Å². The van der Waals surface area contributed by atoms with Gasteiger partial charge < -0.3 is 4.90 Å². The van der Waals surface area contributed by atoms with Crippen LogP contribution in [0.1, 0.15) is 38.3 Å². The van der Waals surface area contributed by atoms with E-state index in [9.17, 15) is 9.59 Å². The molecule has 3 aliphatic rings. The van der Waals surface area contributed by atoms with E-state index >= 15 is 0 Å². The van der Waals surface area contributed by atoms with Gasteiger partial charge in [-0.25, -0.2) is 4.98 Å². The number of piperazine rings is 1. The molecule has 0 spiro atoms. The summed E-state index contributed by atoms with van der Waals surface area (Å²) < 4.78 is 0. The van der Waals surface area contributed by atoms with Gasteiger partial charge in [0.05, 0.1) is 11.7 Å². The fraction of sp³-hybridized carbons (Fsp3) is 0.737. The highest BCUT2D eigenvalue weighted by molar-refractivity contribution is 7.14. The largest absolute Gasteiger partial charge is 0.339 e. The van der Waals surface area contributed by atoms with E-state index in [1.54, 1.807) is 18.3 Å². The maximum absolute atomic E-state index is 12.7. The molecule has 2 saturated heterocycles. The van der Waals surface area contributed by atoms with Gasteiger partial charge in [0.1, 0.15) is 0 Å². The SMILES string of the molecule is CC(=O)N(c1nc(CN2CCN(C(=O)C3CCCN3C)CC2)cs1)C1CC1. The van der Waals surface area contributed by atoms with Crippen molar-refractivity contribution in [3.8, 4) is 0 Å². The Morgan fingerprint density at radius 2 is 1.93 bits per heavy atom. The van der Waals surface area contributed by atoms with Crippen LogP contribution < -0.4 is 4.90 Å². The molecule has 3 heterocycles. The van der Waals surface area contributed by atoms with Crippen molar-refractivity contribution in [2.45, 2.75) is 51.2 Å². The molecule has 0 N–H and O–H groups in total. The van der Waals surface area contributed by atoms with Gasteiger partial charge in [-0.1, -0.05) is 0 Å². The fourth-order valence-corrected chi connectivity index (χ4v) is 5.08. The molecule has 2 aliphatic heterocycles. The van der Waals surface area contributed by atoms with E-state index < -0.39 is 0 Å². The number of hydrogen-bond donors (Lipinski definition) is 0. The van der Waals surface area contributed by atoms with Crippen molar-refractivity contribution in [3.63, 3.8) is 0 Å². The lowest BCUT2D eigenvalue weighted by Gasteiger charge is -2.36. The van der Waals surface area contributed by atoms with Crippen molar-refractivity contribution in [1.82, 2.24) is 19.7 Å². The fourth-order valence-electron chi connectivity index (χ4n) is 4.15. The highest BCUT2D eigenvalue weighted by Crippen LogP contribution is 2.33. The topological polar surface area (TPSA) is 60.0 Å². The summed E-state index contributed by atoms with van der Waals surface area (Å²) in [5.41, 5.74) is 1.03. The lowest BCUT2D eigenvalue weighted by atomic mass is 10.1. The summed E-state index contributed by atoms with van der Waals surface area (Å²) in [6, 6.07) is 0.433. The first-order chi connectivity index (χ1) is 13.0. The number of rotatable bonds is 5. The minimum atomic E-state index is 0.0811. The molecule has 2 amide bonds. The van der Waals surface area contributed by atoms with Crippen LogP contribution in [0.25, 0.3) is 0 Å². The smallest absolute Gasteiger partial charge is 0.240 e. The van der Waals surface area contributed by atoms with Crippen LogP contribution in [0.3, 0.4) is 0 Å². The average molecular weight is 392 g/mol. The van der Waals surface area contributed by atoms with Crippen molar-refractivity contribution in [1.29, 1.82) is 0 Å². The summed E-state index contributed by atoms with van der Waals surface area (Å²) in [6.45, 7) is 6.79. The average Bonchev–Trinajstić information content (AvgIpc) is 3.21. The molecule has 8 heteroatoms. The van der Waals surface area contributed by atoms with Crippen LogP contribution in [0, 0.1) is 0 Å². The zero-order chi connectivity index (χ0) is 19.0. The van der Waals surface area contributed by atoms with Crippen LogP contribution in [0.4, 0.5) is 5.13 Å². The number of likely N-dealkylation sites (N-methyl/N-ethyl adjacent to an activating group) is 1. The van der Waals surface area contributed by atoms with Crippen molar-refractivity contribution in [2.24, 2.45) is 0 Å². The minimum absolute atomic E-state index is 0.0811. The Hall–Kier alpha value is -1.51. The number of carbonyl (C=O) groups excluding carboxylic acids is 2. The summed E-state index contributed by atoms with van der Waals surface area (Å²) in [5.74, 6) is 0.384. The predicted octanol–water partition coefficient (Wildman–Crippen LogP) is 1.40. The highest BCUT2D eigenvalue weighted by Gasteiger charge is 2.34. The van der Waals surface area contributed by atoms with Gasteiger partial charge >= 0.3 is 0 Å². The molecule has 1 aliphatic carbocycles. The molecule has 1 atom stereocenters. The molecule has 27 heavy (non-hydrogen) atoms. The third kappa shape index (κ3) is 4.17. The van der Waals surface area contributed by atoms with Crippen LogP contribution in [0.5, 0.6) is 0 Å². The summed E-state index contributed by atoms with van der Waals surface area (Å²) in [5, 5.41) is 2.90. The molecule has 148 valence electrons. The Morgan fingerprint density at radius 1 is 1.19 bits per heavy atom. The summed E-state index contributed by atoms with van der Waals surface area (Å²) in [7, 11) is 2.05. The normalized spacial score (nSPS) is 24.4. The van der Waals surface area contributed by atoms with Crippen molar-refractivity contribution >= 4 is 28.3 Å². The van der Waals surface area contributed by atoms with E-state index in [1.165, 1.54) is 0 Å². The second kappa shape index (κ2) is 7.85. The van der Waals surface area contributed by atoms with E-state index in [0.717, 1.165) is 75.8 Å². The third-order valence-corrected chi connectivity index (χ3v) is 6.76. The first-order valence-corrected chi connectivity index (χ1v) is 10.9.